The third-order valence-electron chi connectivity index (χ3n) is 9.29. The standard InChI is InChI=1S/C30H40O6/c1-6-7-8-9-10-11-12-13-23(32)36-27-18(2)16-29-19(3)14-22-24(28(22,4)5)21(26(29)34)15-20(17-31)25(33)30(27,29)35/h8-13,15-16,19,21-22,24-25,27,31,33,35H,6-7,14,17H2,1-5H3. The second-order valence-corrected chi connectivity index (χ2v) is 11.6. The molecule has 0 aromatic rings. The SMILES string of the molecule is CCCC=CC=CC=CC(=O)OC1C(C)=CC23C(=O)C(C=C(CO)C(O)C12O)C1C(CC3C)C1(C)C. The van der Waals surface area contributed by atoms with Crippen LogP contribution in [0.4, 0.5) is 0 Å². The van der Waals surface area contributed by atoms with Gasteiger partial charge in [-0.25, -0.2) is 4.79 Å². The highest BCUT2D eigenvalue weighted by molar-refractivity contribution is 5.95. The predicted octanol–water partition coefficient (Wildman–Crippen LogP) is 3.83. The molecule has 4 rings (SSSR count). The zero-order valence-corrected chi connectivity index (χ0v) is 22.0. The topological polar surface area (TPSA) is 104 Å². The van der Waals surface area contributed by atoms with Gasteiger partial charge in [0.2, 0.25) is 0 Å². The van der Waals surface area contributed by atoms with Gasteiger partial charge in [-0.3, -0.25) is 4.79 Å². The van der Waals surface area contributed by atoms with E-state index in [1.165, 1.54) is 6.08 Å². The molecule has 2 bridgehead atoms. The molecule has 0 aromatic carbocycles. The number of allylic oxidation sites excluding steroid dienone is 6. The van der Waals surface area contributed by atoms with E-state index in [0.717, 1.165) is 19.3 Å². The van der Waals surface area contributed by atoms with E-state index in [9.17, 15) is 24.9 Å². The summed E-state index contributed by atoms with van der Waals surface area (Å²) in [4.78, 5) is 27.0. The van der Waals surface area contributed by atoms with Gasteiger partial charge in [0.05, 0.1) is 12.0 Å². The Labute approximate surface area is 214 Å². The summed E-state index contributed by atoms with van der Waals surface area (Å²) in [6.07, 6.45) is 13.7. The van der Waals surface area contributed by atoms with Crippen LogP contribution in [0, 0.1) is 34.5 Å². The molecule has 0 heterocycles. The molecule has 3 N–H and O–H groups in total. The van der Waals surface area contributed by atoms with E-state index in [1.54, 1.807) is 31.2 Å². The van der Waals surface area contributed by atoms with Crippen LogP contribution in [0.5, 0.6) is 0 Å². The molecule has 0 saturated heterocycles. The van der Waals surface area contributed by atoms with Crippen molar-refractivity contribution in [2.24, 2.45) is 34.5 Å². The monoisotopic (exact) mass is 496 g/mol. The number of rotatable bonds is 7. The average Bonchev–Trinajstić information content (AvgIpc) is 3.32. The lowest BCUT2D eigenvalue weighted by molar-refractivity contribution is -0.201. The number of ether oxygens (including phenoxy) is 1. The lowest BCUT2D eigenvalue weighted by Crippen LogP contribution is -2.65. The Hall–Kier alpha value is -2.28. The van der Waals surface area contributed by atoms with E-state index in [4.69, 9.17) is 4.74 Å². The second-order valence-electron chi connectivity index (χ2n) is 11.6. The summed E-state index contributed by atoms with van der Waals surface area (Å²) >= 11 is 0. The first-order valence-corrected chi connectivity index (χ1v) is 13.1. The van der Waals surface area contributed by atoms with Crippen molar-refractivity contribution in [2.75, 3.05) is 6.61 Å². The predicted molar refractivity (Wildman–Crippen MR) is 138 cm³/mol. The van der Waals surface area contributed by atoms with Gasteiger partial charge in [-0.05, 0) is 54.1 Å². The summed E-state index contributed by atoms with van der Waals surface area (Å²) in [5, 5.41) is 34.0. The third-order valence-corrected chi connectivity index (χ3v) is 9.29. The largest absolute Gasteiger partial charge is 0.451 e. The number of unbranched alkanes of at least 4 members (excludes halogenated alkanes) is 1. The van der Waals surface area contributed by atoms with Crippen molar-refractivity contribution < 1.29 is 29.6 Å². The van der Waals surface area contributed by atoms with Crippen LogP contribution < -0.4 is 0 Å². The molecule has 0 aromatic heterocycles. The van der Waals surface area contributed by atoms with Gasteiger partial charge < -0.3 is 20.1 Å². The molecule has 8 atom stereocenters. The highest BCUT2D eigenvalue weighted by Crippen LogP contribution is 2.71. The summed E-state index contributed by atoms with van der Waals surface area (Å²) < 4.78 is 5.75. The molecule has 196 valence electrons. The van der Waals surface area contributed by atoms with Gasteiger partial charge in [-0.15, -0.1) is 0 Å². The number of esters is 1. The number of fused-ring (bicyclic) bond motifs is 3. The Bertz CT molecular complexity index is 1060. The number of hydrogen-bond donors (Lipinski definition) is 3. The Morgan fingerprint density at radius 1 is 1.22 bits per heavy atom. The molecule has 0 aliphatic heterocycles. The molecule has 4 aliphatic rings. The van der Waals surface area contributed by atoms with Crippen LogP contribution in [0.1, 0.15) is 53.9 Å². The molecule has 6 heteroatoms. The fourth-order valence-corrected chi connectivity index (χ4v) is 7.35. The number of aliphatic hydroxyl groups is 3. The van der Waals surface area contributed by atoms with Gasteiger partial charge in [0.25, 0.3) is 0 Å². The smallest absolute Gasteiger partial charge is 0.331 e. The van der Waals surface area contributed by atoms with Crippen LogP contribution in [0.2, 0.25) is 0 Å². The number of aliphatic hydroxyl groups excluding tert-OH is 2. The third kappa shape index (κ3) is 3.80. The lowest BCUT2D eigenvalue weighted by atomic mass is 9.59. The van der Waals surface area contributed by atoms with Gasteiger partial charge in [0.1, 0.15) is 6.10 Å². The van der Waals surface area contributed by atoms with Gasteiger partial charge in [0, 0.05) is 12.0 Å². The van der Waals surface area contributed by atoms with Gasteiger partial charge >= 0.3 is 5.97 Å². The molecule has 0 amide bonds. The van der Waals surface area contributed by atoms with Crippen molar-refractivity contribution >= 4 is 11.8 Å². The fourth-order valence-electron chi connectivity index (χ4n) is 7.35. The summed E-state index contributed by atoms with van der Waals surface area (Å²) in [5.41, 5.74) is -2.83. The van der Waals surface area contributed by atoms with E-state index in [-0.39, 0.29) is 28.6 Å². The summed E-state index contributed by atoms with van der Waals surface area (Å²) in [6, 6.07) is 0. The minimum absolute atomic E-state index is 0.0338. The number of carbonyl (C=O) groups is 2. The van der Waals surface area contributed by atoms with Crippen molar-refractivity contribution in [2.45, 2.75) is 71.7 Å². The van der Waals surface area contributed by atoms with Crippen LogP contribution >= 0.6 is 0 Å². The summed E-state index contributed by atoms with van der Waals surface area (Å²) in [6.45, 7) is 9.58. The molecule has 2 fully saturated rings. The van der Waals surface area contributed by atoms with Gasteiger partial charge in [0.15, 0.2) is 17.5 Å². The molecule has 1 spiro atoms. The second kappa shape index (κ2) is 9.55. The first kappa shape index (κ1) is 26.8. The highest BCUT2D eigenvalue weighted by Gasteiger charge is 2.76. The molecule has 2 saturated carbocycles. The summed E-state index contributed by atoms with van der Waals surface area (Å²) in [7, 11) is 0. The van der Waals surface area contributed by atoms with E-state index < -0.39 is 41.7 Å². The number of Topliss-reactive ketones (excluding diaryl/α,β-unsaturated/α-hetero) is 1. The quantitative estimate of drug-likeness (QED) is 0.214. The first-order valence-electron chi connectivity index (χ1n) is 13.1. The Morgan fingerprint density at radius 3 is 2.58 bits per heavy atom. The van der Waals surface area contributed by atoms with Crippen molar-refractivity contribution in [3.8, 4) is 0 Å². The normalized spacial score (nSPS) is 41.1. The zero-order chi connectivity index (χ0) is 26.5. The highest BCUT2D eigenvalue weighted by atomic mass is 16.6. The van der Waals surface area contributed by atoms with Crippen molar-refractivity contribution in [3.05, 3.63) is 59.8 Å². The summed E-state index contributed by atoms with van der Waals surface area (Å²) in [5.74, 6) is -1.27. The molecule has 36 heavy (non-hydrogen) atoms. The number of ketones is 1. The minimum atomic E-state index is -2.11. The maximum absolute atomic E-state index is 14.3. The average molecular weight is 497 g/mol. The Balaban J connectivity index is 1.68. The van der Waals surface area contributed by atoms with Gasteiger partial charge in [-0.1, -0.05) is 76.6 Å². The maximum atomic E-state index is 14.3. The minimum Gasteiger partial charge on any atom is -0.451 e. The number of carbonyl (C=O) groups excluding carboxylic acids is 2. The van der Waals surface area contributed by atoms with Crippen LogP contribution in [-0.2, 0) is 14.3 Å². The molecule has 8 unspecified atom stereocenters. The van der Waals surface area contributed by atoms with Crippen LogP contribution in [0.3, 0.4) is 0 Å². The zero-order valence-electron chi connectivity index (χ0n) is 22.0. The van der Waals surface area contributed by atoms with E-state index in [1.807, 2.05) is 25.2 Å². The van der Waals surface area contributed by atoms with Crippen LogP contribution in [0.15, 0.2) is 59.8 Å². The van der Waals surface area contributed by atoms with Crippen LogP contribution in [-0.4, -0.2) is 51.5 Å². The molecule has 0 radical (unpaired) electrons. The van der Waals surface area contributed by atoms with E-state index >= 15 is 0 Å². The van der Waals surface area contributed by atoms with Crippen LogP contribution in [0.25, 0.3) is 0 Å². The van der Waals surface area contributed by atoms with Crippen molar-refractivity contribution in [1.82, 2.24) is 0 Å². The van der Waals surface area contributed by atoms with Crippen molar-refractivity contribution in [3.63, 3.8) is 0 Å². The van der Waals surface area contributed by atoms with Crippen molar-refractivity contribution in [1.29, 1.82) is 0 Å². The van der Waals surface area contributed by atoms with E-state index in [2.05, 4.69) is 20.8 Å². The lowest BCUT2D eigenvalue weighted by Gasteiger charge is -2.48. The number of hydrogen-bond acceptors (Lipinski definition) is 6. The Kier molecular flexibility index (Phi) is 7.10. The molecular formula is C30H40O6. The molecular weight excluding hydrogens is 456 g/mol. The molecule has 6 nitrogen and oxygen atoms in total. The first-order chi connectivity index (χ1) is 17.0. The fraction of sp³-hybridized carbons (Fsp3) is 0.600. The van der Waals surface area contributed by atoms with E-state index in [0.29, 0.717) is 11.5 Å². The Morgan fingerprint density at radius 2 is 1.92 bits per heavy atom. The maximum Gasteiger partial charge on any atom is 0.331 e. The molecule has 4 aliphatic carbocycles. The van der Waals surface area contributed by atoms with Gasteiger partial charge in [-0.2, -0.15) is 0 Å².